The summed E-state index contributed by atoms with van der Waals surface area (Å²) in [5.74, 6) is -2.67. The first-order valence-corrected chi connectivity index (χ1v) is 11.4. The maximum Gasteiger partial charge on any atom is 0.312 e. The van der Waals surface area contributed by atoms with Gasteiger partial charge in [-0.3, -0.25) is 14.4 Å². The molecule has 2 amide bonds. The highest BCUT2D eigenvalue weighted by atomic mass is 16.6. The predicted molar refractivity (Wildman–Crippen MR) is 112 cm³/mol. The van der Waals surface area contributed by atoms with Crippen LogP contribution in [0.25, 0.3) is 0 Å². The Balaban J connectivity index is 1.81. The fraction of sp³-hybridized carbons (Fsp3) is 0.696. The van der Waals surface area contributed by atoms with E-state index in [2.05, 4.69) is 6.92 Å². The van der Waals surface area contributed by atoms with Gasteiger partial charge in [0.2, 0.25) is 11.8 Å². The number of carbonyl (C=O) groups excluding carboxylic acids is 3. The summed E-state index contributed by atoms with van der Waals surface area (Å²) in [5, 5.41) is 9.85. The topological polar surface area (TPSA) is 96.4 Å². The molecule has 170 valence electrons. The van der Waals surface area contributed by atoms with Crippen LogP contribution in [-0.4, -0.2) is 82.8 Å². The Bertz CT molecular complexity index is 795. The number of aliphatic hydroxyl groups is 1. The Labute approximate surface area is 182 Å². The van der Waals surface area contributed by atoms with Gasteiger partial charge in [0.05, 0.1) is 31.3 Å². The molecule has 8 heteroatoms. The van der Waals surface area contributed by atoms with Crippen LogP contribution in [0.5, 0.6) is 0 Å². The van der Waals surface area contributed by atoms with Gasteiger partial charge in [0.1, 0.15) is 17.6 Å². The van der Waals surface area contributed by atoms with Crippen molar-refractivity contribution < 1.29 is 29.0 Å². The van der Waals surface area contributed by atoms with E-state index in [1.54, 1.807) is 11.8 Å². The maximum absolute atomic E-state index is 13.7. The highest BCUT2D eigenvalue weighted by Gasteiger charge is 2.72. The van der Waals surface area contributed by atoms with Crippen molar-refractivity contribution in [1.82, 2.24) is 9.80 Å². The van der Waals surface area contributed by atoms with Crippen LogP contribution in [0.15, 0.2) is 24.3 Å². The Morgan fingerprint density at radius 2 is 2.06 bits per heavy atom. The third-order valence-electron chi connectivity index (χ3n) is 6.89. The lowest BCUT2D eigenvalue weighted by Crippen LogP contribution is -2.57. The van der Waals surface area contributed by atoms with Gasteiger partial charge < -0.3 is 24.4 Å². The fourth-order valence-electron chi connectivity index (χ4n) is 5.35. The number of esters is 1. The van der Waals surface area contributed by atoms with Crippen molar-refractivity contribution in [2.24, 2.45) is 11.8 Å². The van der Waals surface area contributed by atoms with E-state index >= 15 is 0 Å². The molecule has 4 aliphatic heterocycles. The first-order chi connectivity index (χ1) is 15.0. The molecule has 1 unspecified atom stereocenters. The molecule has 1 N–H and O–H groups in total. The molecule has 1 spiro atoms. The fourth-order valence-corrected chi connectivity index (χ4v) is 5.35. The lowest BCUT2D eigenvalue weighted by molar-refractivity contribution is -0.156. The molecule has 31 heavy (non-hydrogen) atoms. The van der Waals surface area contributed by atoms with E-state index in [1.807, 2.05) is 24.3 Å². The number of amides is 2. The number of allylic oxidation sites excluding steroid dienone is 1. The number of unbranched alkanes of at least 4 members (excludes halogenated alkanes) is 1. The Morgan fingerprint density at radius 1 is 1.26 bits per heavy atom. The molecule has 4 aliphatic rings. The van der Waals surface area contributed by atoms with Gasteiger partial charge in [-0.2, -0.15) is 0 Å². The number of aliphatic hydroxyl groups excluding tert-OH is 1. The van der Waals surface area contributed by atoms with Crippen molar-refractivity contribution in [2.75, 3.05) is 26.3 Å². The van der Waals surface area contributed by atoms with E-state index in [0.29, 0.717) is 26.1 Å². The molecule has 6 atom stereocenters. The Hall–Kier alpha value is -2.19. The number of carbonyl (C=O) groups is 3. The molecule has 4 heterocycles. The summed E-state index contributed by atoms with van der Waals surface area (Å²) < 4.78 is 11.9. The standard InChI is InChI=1S/C23H32N2O6/c1-3-4-11-24-12-8-10-23-18(20(27)25(15(2)14-26)19(23)21(24)28)17-16(31-23)9-6-5-7-13-30-22(17)29/h6,8-10,15-19,26H,3-5,7,11-14H2,1-2H3/b9-6-/t15-,16+,17-,18+,19?,23+/m1/s1. The van der Waals surface area contributed by atoms with E-state index in [1.165, 1.54) is 4.90 Å². The first-order valence-electron chi connectivity index (χ1n) is 11.4. The molecule has 0 bridgehead atoms. The number of likely N-dealkylation sites (tertiary alicyclic amines) is 1. The van der Waals surface area contributed by atoms with Gasteiger partial charge in [-0.05, 0) is 26.2 Å². The van der Waals surface area contributed by atoms with Crippen LogP contribution in [0.4, 0.5) is 0 Å². The van der Waals surface area contributed by atoms with Crippen LogP contribution in [0.2, 0.25) is 0 Å². The Kier molecular flexibility index (Phi) is 6.21. The third kappa shape index (κ3) is 3.49. The average Bonchev–Trinajstić information content (AvgIpc) is 3.18. The van der Waals surface area contributed by atoms with E-state index in [0.717, 1.165) is 19.3 Å². The summed E-state index contributed by atoms with van der Waals surface area (Å²) in [4.78, 5) is 43.6. The third-order valence-corrected chi connectivity index (χ3v) is 6.89. The molecule has 2 fully saturated rings. The second kappa shape index (κ2) is 8.74. The second-order valence-electron chi connectivity index (χ2n) is 8.90. The van der Waals surface area contributed by atoms with Crippen LogP contribution >= 0.6 is 0 Å². The molecular formula is C23H32N2O6. The SMILES string of the molecule is CCCCN1CC=C[C@]23O[C@H]4/C=C\CCCOC(=O)[C@H]4[C@H]2C(=O)N([C@H](C)CO)C3C1=O. The summed E-state index contributed by atoms with van der Waals surface area (Å²) in [6.45, 7) is 4.80. The van der Waals surface area contributed by atoms with Crippen molar-refractivity contribution >= 4 is 17.8 Å². The van der Waals surface area contributed by atoms with Crippen LogP contribution in [0.3, 0.4) is 0 Å². The number of cyclic esters (lactones) is 1. The molecule has 8 nitrogen and oxygen atoms in total. The van der Waals surface area contributed by atoms with Crippen LogP contribution in [0, 0.1) is 11.8 Å². The minimum Gasteiger partial charge on any atom is -0.465 e. The molecule has 0 radical (unpaired) electrons. The lowest BCUT2D eigenvalue weighted by Gasteiger charge is -2.37. The molecule has 0 aromatic carbocycles. The van der Waals surface area contributed by atoms with Crippen LogP contribution in [-0.2, 0) is 23.9 Å². The molecule has 2 saturated heterocycles. The minimum atomic E-state index is -1.25. The monoisotopic (exact) mass is 432 g/mol. The summed E-state index contributed by atoms with van der Waals surface area (Å²) in [5.41, 5.74) is -1.25. The van der Waals surface area contributed by atoms with E-state index < -0.39 is 41.6 Å². The number of nitrogens with zero attached hydrogens (tertiary/aromatic N) is 2. The van der Waals surface area contributed by atoms with Crippen molar-refractivity contribution in [1.29, 1.82) is 0 Å². The van der Waals surface area contributed by atoms with Crippen molar-refractivity contribution in [3.05, 3.63) is 24.3 Å². The number of ether oxygens (including phenoxy) is 2. The molecule has 0 aromatic heterocycles. The summed E-state index contributed by atoms with van der Waals surface area (Å²) in [6, 6.07) is -1.49. The van der Waals surface area contributed by atoms with Gasteiger partial charge in [-0.15, -0.1) is 0 Å². The highest BCUT2D eigenvalue weighted by Crippen LogP contribution is 2.53. The zero-order valence-electron chi connectivity index (χ0n) is 18.2. The summed E-state index contributed by atoms with van der Waals surface area (Å²) in [6.07, 6.45) is 10.1. The predicted octanol–water partition coefficient (Wildman–Crippen LogP) is 1.04. The van der Waals surface area contributed by atoms with Crippen molar-refractivity contribution in [3.63, 3.8) is 0 Å². The van der Waals surface area contributed by atoms with Gasteiger partial charge in [-0.1, -0.05) is 37.6 Å². The zero-order chi connectivity index (χ0) is 22.2. The lowest BCUT2D eigenvalue weighted by atomic mass is 9.78. The van der Waals surface area contributed by atoms with Gasteiger partial charge >= 0.3 is 5.97 Å². The highest BCUT2D eigenvalue weighted by molar-refractivity contribution is 5.99. The minimum absolute atomic E-state index is 0.196. The molecule has 4 rings (SSSR count). The second-order valence-corrected chi connectivity index (χ2v) is 8.90. The van der Waals surface area contributed by atoms with E-state index in [-0.39, 0.29) is 18.4 Å². The smallest absolute Gasteiger partial charge is 0.312 e. The maximum atomic E-state index is 13.7. The van der Waals surface area contributed by atoms with E-state index in [9.17, 15) is 19.5 Å². The average molecular weight is 433 g/mol. The van der Waals surface area contributed by atoms with Gasteiger partial charge in [-0.25, -0.2) is 0 Å². The largest absolute Gasteiger partial charge is 0.465 e. The van der Waals surface area contributed by atoms with Crippen LogP contribution < -0.4 is 0 Å². The number of rotatable bonds is 5. The van der Waals surface area contributed by atoms with Crippen molar-refractivity contribution in [2.45, 2.75) is 63.3 Å². The number of hydrogen-bond donors (Lipinski definition) is 1. The van der Waals surface area contributed by atoms with Gasteiger partial charge in [0.25, 0.3) is 0 Å². The summed E-state index contributed by atoms with van der Waals surface area (Å²) >= 11 is 0. The van der Waals surface area contributed by atoms with Crippen LogP contribution in [0.1, 0.15) is 39.5 Å². The quantitative estimate of drug-likeness (QED) is 0.515. The first kappa shape index (κ1) is 22.0. The van der Waals surface area contributed by atoms with Gasteiger partial charge in [0.15, 0.2) is 0 Å². The summed E-state index contributed by atoms with van der Waals surface area (Å²) in [7, 11) is 0. The number of hydrogen-bond acceptors (Lipinski definition) is 6. The molecular weight excluding hydrogens is 400 g/mol. The van der Waals surface area contributed by atoms with Gasteiger partial charge in [0, 0.05) is 13.1 Å². The van der Waals surface area contributed by atoms with Crippen molar-refractivity contribution in [3.8, 4) is 0 Å². The molecule has 0 saturated carbocycles. The normalized spacial score (nSPS) is 37.2. The van der Waals surface area contributed by atoms with E-state index in [4.69, 9.17) is 9.47 Å². The Morgan fingerprint density at radius 3 is 2.81 bits per heavy atom. The zero-order valence-corrected chi connectivity index (χ0v) is 18.2. The molecule has 0 aromatic rings. The number of fused-ring (bicyclic) bond motifs is 2. The molecule has 0 aliphatic carbocycles.